The van der Waals surface area contributed by atoms with E-state index >= 15 is 0 Å². The van der Waals surface area contributed by atoms with Gasteiger partial charge in [-0.2, -0.15) is 26.3 Å². The summed E-state index contributed by atoms with van der Waals surface area (Å²) >= 11 is 0. The molecule has 0 bridgehead atoms. The number of hydrogen-bond donors (Lipinski definition) is 2. The van der Waals surface area contributed by atoms with E-state index in [4.69, 9.17) is 9.47 Å². The summed E-state index contributed by atoms with van der Waals surface area (Å²) in [6.07, 6.45) is -9.66. The van der Waals surface area contributed by atoms with Gasteiger partial charge < -0.3 is 20.1 Å². The summed E-state index contributed by atoms with van der Waals surface area (Å²) in [7, 11) is 0. The maximum atomic E-state index is 14.4. The third-order valence-electron chi connectivity index (χ3n) is 7.19. The monoisotopic (exact) mass is 656 g/mol. The number of rotatable bonds is 9. The van der Waals surface area contributed by atoms with Crippen LogP contribution in [0.5, 0.6) is 23.0 Å². The maximum Gasteiger partial charge on any atom is 0.420 e. The summed E-state index contributed by atoms with van der Waals surface area (Å²) in [5.41, 5.74) is 0.153. The molecule has 0 aromatic heterocycles. The van der Waals surface area contributed by atoms with E-state index in [9.17, 15) is 26.3 Å². The topological polar surface area (TPSA) is 42.5 Å². The summed E-state index contributed by atoms with van der Waals surface area (Å²) in [6.45, 7) is 0. The van der Waals surface area contributed by atoms with Gasteiger partial charge in [-0.3, -0.25) is 0 Å². The Balaban J connectivity index is 1.42. The summed E-state index contributed by atoms with van der Waals surface area (Å²) in [5.74, 6) is -1.54. The number of para-hydroxylation sites is 3. The van der Waals surface area contributed by atoms with Crippen LogP contribution in [0.3, 0.4) is 0 Å². The molecule has 0 aliphatic heterocycles. The molecule has 0 fully saturated rings. The van der Waals surface area contributed by atoms with Crippen molar-refractivity contribution >= 4 is 22.7 Å². The average Bonchev–Trinajstić information content (AvgIpc) is 3.07. The molecule has 6 aromatic carbocycles. The summed E-state index contributed by atoms with van der Waals surface area (Å²) in [4.78, 5) is 0. The van der Waals surface area contributed by atoms with E-state index in [1.165, 1.54) is 24.3 Å². The molecule has 0 spiro atoms. The number of hydrogen-bond acceptors (Lipinski definition) is 4. The van der Waals surface area contributed by atoms with Gasteiger partial charge in [0.15, 0.2) is 11.5 Å². The predicted molar refractivity (Wildman–Crippen MR) is 174 cm³/mol. The molecule has 4 nitrogen and oxygen atoms in total. The molecule has 242 valence electrons. The zero-order chi connectivity index (χ0) is 33.7. The molecule has 6 rings (SSSR count). The van der Waals surface area contributed by atoms with Crippen molar-refractivity contribution < 1.29 is 35.8 Å². The number of alkyl halides is 6. The predicted octanol–water partition coefficient (Wildman–Crippen LogP) is 12.5. The van der Waals surface area contributed by atoms with Gasteiger partial charge in [-0.1, -0.05) is 78.9 Å². The van der Waals surface area contributed by atoms with Gasteiger partial charge in [0.2, 0.25) is 0 Å². The van der Waals surface area contributed by atoms with Gasteiger partial charge in [-0.25, -0.2) is 0 Å². The Morgan fingerprint density at radius 1 is 0.396 bits per heavy atom. The van der Waals surface area contributed by atoms with Crippen molar-refractivity contribution in [1.29, 1.82) is 0 Å². The van der Waals surface area contributed by atoms with E-state index in [1.54, 1.807) is 97.1 Å². The van der Waals surface area contributed by atoms with E-state index in [2.05, 4.69) is 10.6 Å². The highest BCUT2D eigenvalue weighted by molar-refractivity contribution is 5.75. The Morgan fingerprint density at radius 2 is 0.854 bits per heavy atom. The van der Waals surface area contributed by atoms with Crippen LogP contribution in [0.25, 0.3) is 11.1 Å². The van der Waals surface area contributed by atoms with E-state index in [0.29, 0.717) is 22.5 Å². The number of ether oxygens (including phenoxy) is 2. The van der Waals surface area contributed by atoms with E-state index in [-0.39, 0.29) is 22.9 Å². The quantitative estimate of drug-likeness (QED) is 0.152. The number of halogens is 6. The van der Waals surface area contributed by atoms with Crippen molar-refractivity contribution in [3.63, 3.8) is 0 Å². The van der Waals surface area contributed by atoms with Gasteiger partial charge in [-0.05, 0) is 72.3 Å². The lowest BCUT2D eigenvalue weighted by molar-refractivity contribution is -0.139. The molecule has 0 saturated carbocycles. The molecule has 0 radical (unpaired) electrons. The number of nitrogens with one attached hydrogen (secondary N) is 2. The first-order valence-corrected chi connectivity index (χ1v) is 14.7. The average molecular weight is 657 g/mol. The van der Waals surface area contributed by atoms with Gasteiger partial charge in [0, 0.05) is 28.3 Å². The van der Waals surface area contributed by atoms with Crippen LogP contribution < -0.4 is 20.1 Å². The van der Waals surface area contributed by atoms with Crippen LogP contribution in [0.2, 0.25) is 0 Å². The van der Waals surface area contributed by atoms with Crippen LogP contribution in [0.1, 0.15) is 11.1 Å². The van der Waals surface area contributed by atoms with E-state index in [0.717, 1.165) is 24.3 Å². The Hall–Kier alpha value is -5.90. The molecular formula is C38H26F6N2O2. The molecule has 0 unspecified atom stereocenters. The van der Waals surface area contributed by atoms with E-state index < -0.39 is 35.0 Å². The molecule has 10 heteroatoms. The van der Waals surface area contributed by atoms with Crippen molar-refractivity contribution in [2.24, 2.45) is 0 Å². The smallest absolute Gasteiger partial charge is 0.420 e. The molecule has 2 N–H and O–H groups in total. The fourth-order valence-electron chi connectivity index (χ4n) is 4.99. The molecule has 48 heavy (non-hydrogen) atoms. The molecule has 0 aliphatic rings. The van der Waals surface area contributed by atoms with Crippen molar-refractivity contribution in [2.75, 3.05) is 10.6 Å². The molecule has 0 heterocycles. The van der Waals surface area contributed by atoms with Crippen LogP contribution >= 0.6 is 0 Å². The van der Waals surface area contributed by atoms with Gasteiger partial charge in [-0.15, -0.1) is 0 Å². The Labute approximate surface area is 272 Å². The number of anilines is 4. The highest BCUT2D eigenvalue weighted by Gasteiger charge is 2.37. The first-order chi connectivity index (χ1) is 23.0. The third kappa shape index (κ3) is 7.55. The molecule has 0 saturated heterocycles. The molecular weight excluding hydrogens is 630 g/mol. The van der Waals surface area contributed by atoms with E-state index in [1.807, 2.05) is 0 Å². The molecule has 0 aliphatic carbocycles. The largest absolute Gasteiger partial charge is 0.453 e. The second kappa shape index (κ2) is 13.4. The van der Waals surface area contributed by atoms with Gasteiger partial charge in [0.05, 0.1) is 0 Å². The Kier molecular flexibility index (Phi) is 8.98. The Morgan fingerprint density at radius 3 is 1.33 bits per heavy atom. The minimum absolute atomic E-state index is 0.160. The first-order valence-electron chi connectivity index (χ1n) is 14.7. The summed E-state index contributed by atoms with van der Waals surface area (Å²) < 4.78 is 98.3. The summed E-state index contributed by atoms with van der Waals surface area (Å²) in [5, 5.41) is 5.87. The molecule has 6 aromatic rings. The van der Waals surface area contributed by atoms with Gasteiger partial charge >= 0.3 is 12.4 Å². The second-order valence-corrected chi connectivity index (χ2v) is 10.6. The fraction of sp³-hybridized carbons (Fsp3) is 0.0526. The van der Waals surface area contributed by atoms with Crippen LogP contribution in [-0.2, 0) is 12.4 Å². The normalized spacial score (nSPS) is 11.5. The van der Waals surface area contributed by atoms with Crippen LogP contribution in [-0.4, -0.2) is 0 Å². The third-order valence-corrected chi connectivity index (χ3v) is 7.19. The standard InChI is InChI=1S/C38H26F6N2O2/c39-37(40,41)31-23-28(45-26-13-6-2-7-14-26)19-21-33(31)47-35-18-10-17-30(25-11-4-1-5-12-25)36(35)48-34-22-20-29(24-32(34)38(42,43)44)46-27-15-8-3-9-16-27/h1-24,45-46H. The van der Waals surface area contributed by atoms with Crippen molar-refractivity contribution in [1.82, 2.24) is 0 Å². The zero-order valence-corrected chi connectivity index (χ0v) is 24.9. The lowest BCUT2D eigenvalue weighted by Gasteiger charge is -2.21. The minimum Gasteiger partial charge on any atom is -0.453 e. The van der Waals surface area contributed by atoms with Crippen LogP contribution in [0.4, 0.5) is 49.1 Å². The van der Waals surface area contributed by atoms with Gasteiger partial charge in [0.1, 0.15) is 22.6 Å². The van der Waals surface area contributed by atoms with Crippen molar-refractivity contribution in [2.45, 2.75) is 12.4 Å². The fourth-order valence-corrected chi connectivity index (χ4v) is 4.99. The zero-order valence-electron chi connectivity index (χ0n) is 24.9. The lowest BCUT2D eigenvalue weighted by Crippen LogP contribution is -2.09. The second-order valence-electron chi connectivity index (χ2n) is 10.6. The van der Waals surface area contributed by atoms with Crippen molar-refractivity contribution in [3.05, 3.63) is 157 Å². The van der Waals surface area contributed by atoms with Crippen molar-refractivity contribution in [3.8, 4) is 34.1 Å². The van der Waals surface area contributed by atoms with Gasteiger partial charge in [0.25, 0.3) is 0 Å². The van der Waals surface area contributed by atoms with Crippen LogP contribution in [0.15, 0.2) is 146 Å². The highest BCUT2D eigenvalue weighted by Crippen LogP contribution is 2.48. The SMILES string of the molecule is FC(F)(F)c1cc(Nc2ccccc2)ccc1Oc1cccc(-c2ccccc2)c1Oc1ccc(Nc2ccccc2)cc1C(F)(F)F. The number of benzene rings is 6. The highest BCUT2D eigenvalue weighted by atomic mass is 19.4. The van der Waals surface area contributed by atoms with Crippen LogP contribution in [0, 0.1) is 0 Å². The Bertz CT molecular complexity index is 2000. The molecule has 0 amide bonds. The summed E-state index contributed by atoms with van der Waals surface area (Å²) in [6, 6.07) is 37.4. The minimum atomic E-state index is -4.84. The first kappa shape index (κ1) is 32.1. The molecule has 0 atom stereocenters. The lowest BCUT2D eigenvalue weighted by atomic mass is 10.0. The maximum absolute atomic E-state index is 14.4.